The van der Waals surface area contributed by atoms with Gasteiger partial charge < -0.3 is 19.6 Å². The zero-order chi connectivity index (χ0) is 17.5. The van der Waals surface area contributed by atoms with Gasteiger partial charge in [0.1, 0.15) is 20.2 Å². The van der Waals surface area contributed by atoms with Gasteiger partial charge in [0.15, 0.2) is 0 Å². The van der Waals surface area contributed by atoms with E-state index < -0.39 is 30.7 Å². The first-order valence-corrected chi connectivity index (χ1v) is 10.1. The predicted octanol–water partition coefficient (Wildman–Crippen LogP) is -1.19. The summed E-state index contributed by atoms with van der Waals surface area (Å²) in [5.41, 5.74) is -0.604. The van der Waals surface area contributed by atoms with Gasteiger partial charge in [0, 0.05) is 18.6 Å². The highest BCUT2D eigenvalue weighted by Gasteiger charge is 2.35. The van der Waals surface area contributed by atoms with Crippen molar-refractivity contribution in [2.24, 2.45) is 0 Å². The molecule has 23 heavy (non-hydrogen) atoms. The van der Waals surface area contributed by atoms with Crippen LogP contribution in [0.1, 0.15) is 6.92 Å². The van der Waals surface area contributed by atoms with Crippen LogP contribution < -0.4 is 5.32 Å². The average molecular weight is 397 g/mol. The van der Waals surface area contributed by atoms with E-state index >= 15 is 0 Å². The Kier molecular flexibility index (Phi) is 9.81. The minimum Gasteiger partial charge on any atom is -0.328 e. The molecule has 0 spiro atoms. The van der Waals surface area contributed by atoms with E-state index in [1.165, 1.54) is 0 Å². The van der Waals surface area contributed by atoms with Crippen LogP contribution in [0.2, 0.25) is 0 Å². The molecule has 15 heteroatoms. The van der Waals surface area contributed by atoms with Crippen LogP contribution in [0.4, 0.5) is 0 Å². The molecule has 0 aromatic carbocycles. The van der Waals surface area contributed by atoms with Crippen molar-refractivity contribution in [2.75, 3.05) is 40.0 Å². The van der Waals surface area contributed by atoms with Crippen LogP contribution in [0.15, 0.2) is 0 Å². The van der Waals surface area contributed by atoms with Crippen LogP contribution >= 0.6 is 25.1 Å². The third-order valence-electron chi connectivity index (χ3n) is 2.97. The highest BCUT2D eigenvalue weighted by Crippen LogP contribution is 2.25. The molecule has 12 nitrogen and oxygen atoms in total. The normalized spacial score (nSPS) is 26.5. The molecule has 0 radical (unpaired) electrons. The first-order valence-electron chi connectivity index (χ1n) is 6.42. The molecule has 1 fully saturated rings. The van der Waals surface area contributed by atoms with Crippen molar-refractivity contribution in [1.82, 2.24) is 15.1 Å². The zero-order valence-electron chi connectivity index (χ0n) is 12.4. The minimum absolute atomic E-state index is 0.107. The monoisotopic (exact) mass is 397 g/mol. The molecule has 5 N–H and O–H groups in total. The maximum absolute atomic E-state index is 10.7. The van der Waals surface area contributed by atoms with Gasteiger partial charge in [-0.25, -0.2) is 0 Å². The van der Waals surface area contributed by atoms with Gasteiger partial charge in [0.05, 0.1) is 6.67 Å². The summed E-state index contributed by atoms with van der Waals surface area (Å²) in [7, 11) is -8.63. The minimum atomic E-state index is -3.08. The second-order valence-corrected chi connectivity index (χ2v) is 7.55. The SMILES string of the molecule is CC1(NCOP(O)O)CN(CO[PH](=O)O)CN(CO[PH](=O)O)C1. The molecule has 1 rings (SSSR count). The molecule has 1 heterocycles. The van der Waals surface area contributed by atoms with Crippen LogP contribution in [0, 0.1) is 0 Å². The molecule has 0 bridgehead atoms. The Labute approximate surface area is 135 Å². The fraction of sp³-hybridized carbons (Fsp3) is 1.00. The van der Waals surface area contributed by atoms with Crippen LogP contribution in [-0.4, -0.2) is 74.9 Å². The Morgan fingerprint density at radius 3 is 2.00 bits per heavy atom. The van der Waals surface area contributed by atoms with E-state index in [-0.39, 0.29) is 20.2 Å². The van der Waals surface area contributed by atoms with E-state index in [9.17, 15) is 9.13 Å². The second-order valence-electron chi connectivity index (χ2n) is 5.14. The standard InChI is InChI=1S/C8H22N3O9P3/c1-8(9-4-18-21(12)13)2-10(6-19-22(14)15)5-11(3-8)7-20-23(16)17/h9,12-13,22-23H,2-7H2,1H3,(H,14,15)(H,16,17). The molecular formula is C8H22N3O9P3. The molecule has 1 aliphatic rings. The van der Waals surface area contributed by atoms with Gasteiger partial charge in [0.25, 0.3) is 0 Å². The summed E-state index contributed by atoms with van der Waals surface area (Å²) < 4.78 is 35.5. The highest BCUT2D eigenvalue weighted by molar-refractivity contribution is 7.39. The Morgan fingerprint density at radius 2 is 1.61 bits per heavy atom. The number of nitrogens with zero attached hydrogens (tertiary/aromatic N) is 2. The summed E-state index contributed by atoms with van der Waals surface area (Å²) in [6.07, 6.45) is 0. The lowest BCUT2D eigenvalue weighted by Gasteiger charge is -2.45. The van der Waals surface area contributed by atoms with Crippen molar-refractivity contribution in [1.29, 1.82) is 0 Å². The third kappa shape index (κ3) is 9.52. The predicted molar refractivity (Wildman–Crippen MR) is 81.5 cm³/mol. The topological polar surface area (TPSA) is 161 Å². The van der Waals surface area contributed by atoms with Crippen LogP contribution in [-0.2, 0) is 22.7 Å². The Bertz CT molecular complexity index is 390. The average Bonchev–Trinajstić information content (AvgIpc) is 2.42. The smallest absolute Gasteiger partial charge is 0.328 e. The van der Waals surface area contributed by atoms with E-state index in [0.29, 0.717) is 19.8 Å². The summed E-state index contributed by atoms with van der Waals surface area (Å²) in [5, 5.41) is 2.98. The molecule has 1 aliphatic heterocycles. The fourth-order valence-electron chi connectivity index (χ4n) is 2.26. The lowest BCUT2D eigenvalue weighted by molar-refractivity contribution is -0.0469. The lowest BCUT2D eigenvalue weighted by atomic mass is 9.99. The summed E-state index contributed by atoms with van der Waals surface area (Å²) in [6, 6.07) is 0. The van der Waals surface area contributed by atoms with Gasteiger partial charge in [-0.15, -0.1) is 0 Å². The Balaban J connectivity index is 2.62. The van der Waals surface area contributed by atoms with Crippen molar-refractivity contribution >= 4 is 25.1 Å². The molecular weight excluding hydrogens is 375 g/mol. The summed E-state index contributed by atoms with van der Waals surface area (Å²) in [6.45, 7) is 2.60. The first kappa shape index (κ1) is 21.5. The molecule has 138 valence electrons. The van der Waals surface area contributed by atoms with Gasteiger partial charge in [-0.1, -0.05) is 0 Å². The molecule has 0 aliphatic carbocycles. The van der Waals surface area contributed by atoms with Gasteiger partial charge in [0.2, 0.25) is 0 Å². The van der Waals surface area contributed by atoms with Crippen LogP contribution in [0.3, 0.4) is 0 Å². The summed E-state index contributed by atoms with van der Waals surface area (Å²) in [5.74, 6) is 0. The van der Waals surface area contributed by atoms with Crippen molar-refractivity contribution in [3.05, 3.63) is 0 Å². The van der Waals surface area contributed by atoms with E-state index in [0.717, 1.165) is 0 Å². The van der Waals surface area contributed by atoms with Gasteiger partial charge >= 0.3 is 25.1 Å². The lowest BCUT2D eigenvalue weighted by Crippen LogP contribution is -2.64. The molecule has 0 saturated carbocycles. The first-order chi connectivity index (χ1) is 10.7. The summed E-state index contributed by atoms with van der Waals surface area (Å²) >= 11 is 0. The Hall–Kier alpha value is 0.490. The number of hydrogen-bond acceptors (Lipinski definition) is 10. The fourth-order valence-corrected chi connectivity index (χ4v) is 3.03. The third-order valence-corrected chi connectivity index (χ3v) is 4.08. The van der Waals surface area contributed by atoms with Crippen molar-refractivity contribution in [3.63, 3.8) is 0 Å². The number of rotatable bonds is 10. The molecule has 1 saturated heterocycles. The van der Waals surface area contributed by atoms with Gasteiger partial charge in [-0.2, -0.15) is 0 Å². The van der Waals surface area contributed by atoms with E-state index in [4.69, 9.17) is 28.6 Å². The van der Waals surface area contributed by atoms with E-state index in [1.54, 1.807) is 9.80 Å². The highest BCUT2D eigenvalue weighted by atomic mass is 31.2. The van der Waals surface area contributed by atoms with Crippen molar-refractivity contribution in [3.8, 4) is 0 Å². The molecule has 2 unspecified atom stereocenters. The van der Waals surface area contributed by atoms with Crippen LogP contribution in [0.25, 0.3) is 0 Å². The number of nitrogens with one attached hydrogen (secondary N) is 1. The largest absolute Gasteiger partial charge is 0.328 e. The number of hydrogen-bond donors (Lipinski definition) is 5. The zero-order valence-corrected chi connectivity index (χ0v) is 15.3. The Morgan fingerprint density at radius 1 is 1.13 bits per heavy atom. The van der Waals surface area contributed by atoms with E-state index in [2.05, 4.69) is 9.84 Å². The molecule has 0 amide bonds. The quantitative estimate of drug-likeness (QED) is 0.222. The second kappa shape index (κ2) is 10.5. The van der Waals surface area contributed by atoms with Gasteiger partial charge in [-0.3, -0.25) is 37.8 Å². The van der Waals surface area contributed by atoms with Crippen molar-refractivity contribution < 1.29 is 42.3 Å². The molecule has 0 aromatic heterocycles. The molecule has 0 aromatic rings. The van der Waals surface area contributed by atoms with Gasteiger partial charge in [-0.05, 0) is 6.92 Å². The molecule has 2 atom stereocenters. The summed E-state index contributed by atoms with van der Waals surface area (Å²) in [4.78, 5) is 38.4. The maximum atomic E-state index is 10.7. The van der Waals surface area contributed by atoms with E-state index in [1.807, 2.05) is 6.92 Å². The van der Waals surface area contributed by atoms with Crippen molar-refractivity contribution in [2.45, 2.75) is 12.5 Å². The van der Waals surface area contributed by atoms with Crippen LogP contribution in [0.5, 0.6) is 0 Å². The maximum Gasteiger partial charge on any atom is 0.328 e.